The molecule has 120 valence electrons. The molecule has 0 bridgehead atoms. The summed E-state index contributed by atoms with van der Waals surface area (Å²) in [5, 5.41) is 17.4. The van der Waals surface area contributed by atoms with Crippen molar-refractivity contribution in [2.24, 2.45) is 0 Å². The number of anilines is 1. The number of ether oxygens (including phenoxy) is 1. The van der Waals surface area contributed by atoms with Crippen LogP contribution in [-0.4, -0.2) is 37.1 Å². The Morgan fingerprint density at radius 1 is 1.41 bits per heavy atom. The van der Waals surface area contributed by atoms with Crippen molar-refractivity contribution in [2.75, 3.05) is 25.5 Å². The zero-order valence-corrected chi connectivity index (χ0v) is 13.0. The molecule has 0 saturated heterocycles. The van der Waals surface area contributed by atoms with Gasteiger partial charge in [0, 0.05) is 31.3 Å². The first-order valence-corrected chi connectivity index (χ1v) is 6.95. The van der Waals surface area contributed by atoms with Crippen molar-refractivity contribution in [2.45, 2.75) is 19.9 Å². The van der Waals surface area contributed by atoms with Gasteiger partial charge in [0.2, 0.25) is 0 Å². The van der Waals surface area contributed by atoms with Gasteiger partial charge in [0.15, 0.2) is 0 Å². The predicted molar refractivity (Wildman–Crippen MR) is 85.8 cm³/mol. The summed E-state index contributed by atoms with van der Waals surface area (Å²) < 4.78 is 4.48. The van der Waals surface area contributed by atoms with Crippen LogP contribution in [0.2, 0.25) is 0 Å². The summed E-state index contributed by atoms with van der Waals surface area (Å²) >= 11 is 0. The molecule has 0 unspecified atom stereocenters. The number of esters is 1. The second kappa shape index (κ2) is 8.78. The van der Waals surface area contributed by atoms with Crippen molar-refractivity contribution >= 4 is 23.4 Å². The molecule has 2 N–H and O–H groups in total. The van der Waals surface area contributed by atoms with Gasteiger partial charge in [-0.1, -0.05) is 19.9 Å². The minimum atomic E-state index is -0.510. The standard InChI is InChI=1S/C15H21N3O4/c1-11(2)16-8-9-17-13-6-4-12(5-7-15(19)22-3)10-14(13)18(20)21/h4-7,10-11,16-17H,8-9H2,1-3H3. The third kappa shape index (κ3) is 5.92. The van der Waals surface area contributed by atoms with Crippen molar-refractivity contribution in [1.29, 1.82) is 0 Å². The molecular formula is C15H21N3O4. The van der Waals surface area contributed by atoms with Crippen molar-refractivity contribution in [3.8, 4) is 0 Å². The minimum Gasteiger partial charge on any atom is -0.466 e. The molecule has 0 aromatic heterocycles. The normalized spacial score (nSPS) is 10.9. The third-order valence-electron chi connectivity index (χ3n) is 2.82. The Balaban J connectivity index is 2.80. The summed E-state index contributed by atoms with van der Waals surface area (Å²) in [5.41, 5.74) is 0.977. The van der Waals surface area contributed by atoms with Gasteiger partial charge in [0.1, 0.15) is 5.69 Å². The molecule has 0 spiro atoms. The molecule has 0 aliphatic carbocycles. The Morgan fingerprint density at radius 3 is 2.73 bits per heavy atom. The first-order valence-electron chi connectivity index (χ1n) is 6.95. The molecule has 7 heteroatoms. The van der Waals surface area contributed by atoms with Crippen LogP contribution in [0.15, 0.2) is 24.3 Å². The Bertz CT molecular complexity index is 556. The number of nitrogens with one attached hydrogen (secondary N) is 2. The molecular weight excluding hydrogens is 286 g/mol. The summed E-state index contributed by atoms with van der Waals surface area (Å²) in [5.74, 6) is -0.510. The number of carbonyl (C=O) groups excluding carboxylic acids is 1. The molecule has 22 heavy (non-hydrogen) atoms. The number of hydrogen-bond donors (Lipinski definition) is 2. The quantitative estimate of drug-likeness (QED) is 0.251. The highest BCUT2D eigenvalue weighted by Gasteiger charge is 2.13. The van der Waals surface area contributed by atoms with Crippen LogP contribution in [0.3, 0.4) is 0 Å². The summed E-state index contributed by atoms with van der Waals surface area (Å²) in [6.07, 6.45) is 2.70. The average Bonchev–Trinajstić information content (AvgIpc) is 2.49. The van der Waals surface area contributed by atoms with Gasteiger partial charge in [-0.2, -0.15) is 0 Å². The first-order chi connectivity index (χ1) is 10.4. The van der Waals surface area contributed by atoms with Crippen LogP contribution in [0.4, 0.5) is 11.4 Å². The number of carbonyl (C=O) groups is 1. The van der Waals surface area contributed by atoms with E-state index in [1.165, 1.54) is 25.3 Å². The number of nitro groups is 1. The smallest absolute Gasteiger partial charge is 0.330 e. The number of methoxy groups -OCH3 is 1. The highest BCUT2D eigenvalue weighted by Crippen LogP contribution is 2.25. The van der Waals surface area contributed by atoms with E-state index in [1.54, 1.807) is 12.1 Å². The fourth-order valence-electron chi connectivity index (χ4n) is 1.74. The Kier molecular flexibility index (Phi) is 7.04. The van der Waals surface area contributed by atoms with E-state index >= 15 is 0 Å². The lowest BCUT2D eigenvalue weighted by molar-refractivity contribution is -0.384. The molecule has 0 radical (unpaired) electrons. The van der Waals surface area contributed by atoms with Crippen LogP contribution < -0.4 is 10.6 Å². The van der Waals surface area contributed by atoms with Gasteiger partial charge < -0.3 is 15.4 Å². The average molecular weight is 307 g/mol. The van der Waals surface area contributed by atoms with Crippen molar-refractivity contribution in [1.82, 2.24) is 5.32 Å². The van der Waals surface area contributed by atoms with Crippen molar-refractivity contribution in [3.63, 3.8) is 0 Å². The fourth-order valence-corrected chi connectivity index (χ4v) is 1.74. The van der Waals surface area contributed by atoms with Crippen LogP contribution in [0.25, 0.3) is 6.08 Å². The van der Waals surface area contributed by atoms with Gasteiger partial charge in [-0.25, -0.2) is 4.79 Å². The van der Waals surface area contributed by atoms with Gasteiger partial charge in [-0.3, -0.25) is 10.1 Å². The zero-order valence-electron chi connectivity index (χ0n) is 13.0. The molecule has 0 heterocycles. The van der Waals surface area contributed by atoms with Crippen molar-refractivity contribution < 1.29 is 14.5 Å². The van der Waals surface area contributed by atoms with E-state index in [4.69, 9.17) is 0 Å². The molecule has 1 rings (SSSR count). The number of hydrogen-bond acceptors (Lipinski definition) is 6. The molecule has 0 fully saturated rings. The third-order valence-corrected chi connectivity index (χ3v) is 2.82. The highest BCUT2D eigenvalue weighted by molar-refractivity contribution is 5.87. The van der Waals surface area contributed by atoms with Gasteiger partial charge in [0.25, 0.3) is 5.69 Å². The number of benzene rings is 1. The van der Waals surface area contributed by atoms with Gasteiger partial charge >= 0.3 is 5.97 Å². The van der Waals surface area contributed by atoms with Crippen LogP contribution >= 0.6 is 0 Å². The molecule has 1 aromatic rings. The molecule has 0 amide bonds. The van der Waals surface area contributed by atoms with Gasteiger partial charge in [-0.05, 0) is 17.7 Å². The van der Waals surface area contributed by atoms with Crippen LogP contribution in [0.1, 0.15) is 19.4 Å². The topological polar surface area (TPSA) is 93.5 Å². The van der Waals surface area contributed by atoms with E-state index in [0.29, 0.717) is 30.4 Å². The molecule has 0 saturated carbocycles. The second-order valence-corrected chi connectivity index (χ2v) is 4.93. The van der Waals surface area contributed by atoms with Gasteiger partial charge in [-0.15, -0.1) is 0 Å². The molecule has 0 atom stereocenters. The maximum atomic E-state index is 11.1. The number of nitrogens with zero attached hydrogens (tertiary/aromatic N) is 1. The summed E-state index contributed by atoms with van der Waals surface area (Å²) in [7, 11) is 1.27. The Labute approximate surface area is 129 Å². The molecule has 1 aromatic carbocycles. The summed E-state index contributed by atoms with van der Waals surface area (Å²) in [6, 6.07) is 5.11. The zero-order chi connectivity index (χ0) is 16.5. The van der Waals surface area contributed by atoms with E-state index in [1.807, 2.05) is 13.8 Å². The van der Waals surface area contributed by atoms with Gasteiger partial charge in [0.05, 0.1) is 12.0 Å². The largest absolute Gasteiger partial charge is 0.466 e. The Morgan fingerprint density at radius 2 is 2.14 bits per heavy atom. The van der Waals surface area contributed by atoms with E-state index in [0.717, 1.165) is 0 Å². The first kappa shape index (κ1) is 17.6. The van der Waals surface area contributed by atoms with Crippen LogP contribution in [0, 0.1) is 10.1 Å². The lowest BCUT2D eigenvalue weighted by Crippen LogP contribution is -2.28. The predicted octanol–water partition coefficient (Wildman–Crippen LogP) is 2.19. The van der Waals surface area contributed by atoms with Crippen molar-refractivity contribution in [3.05, 3.63) is 40.0 Å². The fraction of sp³-hybridized carbons (Fsp3) is 0.400. The van der Waals surface area contributed by atoms with E-state index in [9.17, 15) is 14.9 Å². The number of nitro benzene ring substituents is 1. The van der Waals surface area contributed by atoms with Crippen LogP contribution in [0.5, 0.6) is 0 Å². The molecule has 0 aliphatic rings. The SMILES string of the molecule is COC(=O)C=Cc1ccc(NCCNC(C)C)c([N+](=O)[O-])c1. The van der Waals surface area contributed by atoms with Crippen LogP contribution in [-0.2, 0) is 9.53 Å². The van der Waals surface area contributed by atoms with E-state index < -0.39 is 10.9 Å². The monoisotopic (exact) mass is 307 g/mol. The Hall–Kier alpha value is -2.41. The van der Waals surface area contributed by atoms with E-state index in [-0.39, 0.29) is 5.69 Å². The summed E-state index contributed by atoms with van der Waals surface area (Å²) in [4.78, 5) is 21.7. The lowest BCUT2D eigenvalue weighted by Gasteiger charge is -2.10. The lowest BCUT2D eigenvalue weighted by atomic mass is 10.1. The highest BCUT2D eigenvalue weighted by atomic mass is 16.6. The van der Waals surface area contributed by atoms with E-state index in [2.05, 4.69) is 15.4 Å². The molecule has 0 aliphatic heterocycles. The number of rotatable bonds is 8. The minimum absolute atomic E-state index is 0.0310. The second-order valence-electron chi connectivity index (χ2n) is 4.93. The maximum Gasteiger partial charge on any atom is 0.330 e. The summed E-state index contributed by atoms with van der Waals surface area (Å²) in [6.45, 7) is 5.35. The maximum absolute atomic E-state index is 11.1. The molecule has 7 nitrogen and oxygen atoms in total.